The summed E-state index contributed by atoms with van der Waals surface area (Å²) in [4.78, 5) is 13.5. The van der Waals surface area contributed by atoms with Gasteiger partial charge in [0.05, 0.1) is 0 Å². The first-order valence-electron chi connectivity index (χ1n) is 5.29. The number of hydrogen-bond donors (Lipinski definition) is 1. The van der Waals surface area contributed by atoms with E-state index in [9.17, 15) is 4.79 Å². The second kappa shape index (κ2) is 5.51. The van der Waals surface area contributed by atoms with Crippen LogP contribution in [0, 0.1) is 0 Å². The summed E-state index contributed by atoms with van der Waals surface area (Å²) in [5.74, 6) is -0.287. The molecule has 0 fully saturated rings. The van der Waals surface area contributed by atoms with E-state index in [0.29, 0.717) is 0 Å². The van der Waals surface area contributed by atoms with Gasteiger partial charge in [0.2, 0.25) is 5.91 Å². The number of hydrogen-bond acceptors (Lipinski definition) is 2. The molecule has 82 valence electrons. The average Bonchev–Trinajstić information content (AvgIpc) is 2.26. The maximum Gasteiger partial charge on any atom is 0.239 e. The van der Waals surface area contributed by atoms with Crippen LogP contribution in [0.3, 0.4) is 0 Å². The lowest BCUT2D eigenvalue weighted by atomic mass is 10.0. The Balaban J connectivity index is 2.97. The van der Waals surface area contributed by atoms with Crippen LogP contribution in [0.15, 0.2) is 30.3 Å². The van der Waals surface area contributed by atoms with E-state index >= 15 is 0 Å². The van der Waals surface area contributed by atoms with Crippen molar-refractivity contribution in [2.24, 2.45) is 5.73 Å². The molecule has 1 aromatic carbocycles. The molecule has 0 aromatic heterocycles. The van der Waals surface area contributed by atoms with Gasteiger partial charge in [-0.3, -0.25) is 9.69 Å². The first-order valence-corrected chi connectivity index (χ1v) is 5.29. The molecule has 1 amide bonds. The van der Waals surface area contributed by atoms with Gasteiger partial charge in [0, 0.05) is 0 Å². The van der Waals surface area contributed by atoms with Crippen molar-refractivity contribution in [3.8, 4) is 0 Å². The number of primary amides is 1. The smallest absolute Gasteiger partial charge is 0.239 e. The molecular formula is C12H18N2O. The zero-order valence-electron chi connectivity index (χ0n) is 9.31. The van der Waals surface area contributed by atoms with Gasteiger partial charge >= 0.3 is 0 Å². The van der Waals surface area contributed by atoms with Gasteiger partial charge in [-0.15, -0.1) is 0 Å². The highest BCUT2D eigenvalue weighted by molar-refractivity contribution is 5.81. The Morgan fingerprint density at radius 1 is 1.27 bits per heavy atom. The summed E-state index contributed by atoms with van der Waals surface area (Å²) in [6.45, 7) is 5.70. The number of carbonyl (C=O) groups excluding carboxylic acids is 1. The Labute approximate surface area is 90.9 Å². The number of rotatable bonds is 5. The summed E-state index contributed by atoms with van der Waals surface area (Å²) in [7, 11) is 0. The molecule has 0 saturated carbocycles. The summed E-state index contributed by atoms with van der Waals surface area (Å²) >= 11 is 0. The Kier molecular flexibility index (Phi) is 4.31. The third-order valence-corrected chi connectivity index (χ3v) is 2.56. The fourth-order valence-electron chi connectivity index (χ4n) is 1.78. The highest BCUT2D eigenvalue weighted by Gasteiger charge is 2.22. The van der Waals surface area contributed by atoms with Crippen molar-refractivity contribution < 1.29 is 4.79 Å². The van der Waals surface area contributed by atoms with Gasteiger partial charge in [0.1, 0.15) is 6.04 Å². The van der Waals surface area contributed by atoms with Gasteiger partial charge in [-0.1, -0.05) is 44.2 Å². The Hall–Kier alpha value is -1.35. The van der Waals surface area contributed by atoms with E-state index in [2.05, 4.69) is 4.90 Å². The molecule has 0 heterocycles. The summed E-state index contributed by atoms with van der Waals surface area (Å²) in [5, 5.41) is 0. The fraction of sp³-hybridized carbons (Fsp3) is 0.417. The summed E-state index contributed by atoms with van der Waals surface area (Å²) in [6.07, 6.45) is 0. The fourth-order valence-corrected chi connectivity index (χ4v) is 1.78. The third-order valence-electron chi connectivity index (χ3n) is 2.56. The maximum absolute atomic E-state index is 11.4. The molecule has 0 aliphatic rings. The molecule has 0 saturated heterocycles. The second-order valence-electron chi connectivity index (χ2n) is 3.44. The highest BCUT2D eigenvalue weighted by Crippen LogP contribution is 2.19. The van der Waals surface area contributed by atoms with E-state index < -0.39 is 0 Å². The molecule has 1 aromatic rings. The van der Waals surface area contributed by atoms with Crippen LogP contribution in [0.25, 0.3) is 0 Å². The first-order chi connectivity index (χ1) is 7.20. The van der Waals surface area contributed by atoms with Crippen molar-refractivity contribution >= 4 is 5.91 Å². The highest BCUT2D eigenvalue weighted by atomic mass is 16.1. The molecule has 1 atom stereocenters. The molecule has 0 unspecified atom stereocenters. The third kappa shape index (κ3) is 2.80. The molecular weight excluding hydrogens is 188 g/mol. The van der Waals surface area contributed by atoms with Gasteiger partial charge in [0.15, 0.2) is 0 Å². The van der Waals surface area contributed by atoms with Crippen LogP contribution in [0.4, 0.5) is 0 Å². The molecule has 1 rings (SSSR count). The summed E-state index contributed by atoms with van der Waals surface area (Å²) in [5.41, 5.74) is 6.41. The first kappa shape index (κ1) is 11.7. The van der Waals surface area contributed by atoms with Crippen LogP contribution in [0.2, 0.25) is 0 Å². The Bertz CT molecular complexity index is 307. The van der Waals surface area contributed by atoms with Crippen LogP contribution < -0.4 is 5.73 Å². The minimum Gasteiger partial charge on any atom is -0.368 e. The van der Waals surface area contributed by atoms with Crippen LogP contribution >= 0.6 is 0 Å². The number of carbonyl (C=O) groups is 1. The van der Waals surface area contributed by atoms with Gasteiger partial charge in [-0.25, -0.2) is 0 Å². The number of nitrogens with zero attached hydrogens (tertiary/aromatic N) is 1. The lowest BCUT2D eigenvalue weighted by molar-refractivity contribution is -0.123. The van der Waals surface area contributed by atoms with Crippen molar-refractivity contribution in [1.82, 2.24) is 4.90 Å². The zero-order valence-corrected chi connectivity index (χ0v) is 9.31. The maximum atomic E-state index is 11.4. The topological polar surface area (TPSA) is 46.3 Å². The van der Waals surface area contributed by atoms with Crippen molar-refractivity contribution in [2.75, 3.05) is 13.1 Å². The molecule has 3 heteroatoms. The minimum atomic E-state index is -0.304. The number of benzene rings is 1. The number of nitrogens with two attached hydrogens (primary N) is 1. The molecule has 15 heavy (non-hydrogen) atoms. The lowest BCUT2D eigenvalue weighted by Gasteiger charge is -2.27. The molecule has 0 bridgehead atoms. The predicted octanol–water partition coefficient (Wildman–Crippen LogP) is 1.55. The van der Waals surface area contributed by atoms with E-state index in [0.717, 1.165) is 18.7 Å². The monoisotopic (exact) mass is 206 g/mol. The van der Waals surface area contributed by atoms with Crippen molar-refractivity contribution in [3.63, 3.8) is 0 Å². The van der Waals surface area contributed by atoms with E-state index in [-0.39, 0.29) is 11.9 Å². The SMILES string of the molecule is CCN(CC)[C@@H](C(N)=O)c1ccccc1. The van der Waals surface area contributed by atoms with Crippen molar-refractivity contribution in [3.05, 3.63) is 35.9 Å². The minimum absolute atomic E-state index is 0.287. The van der Waals surface area contributed by atoms with Gasteiger partial charge < -0.3 is 5.73 Å². The Morgan fingerprint density at radius 3 is 2.20 bits per heavy atom. The number of likely N-dealkylation sites (N-methyl/N-ethyl adjacent to an activating group) is 1. The average molecular weight is 206 g/mol. The normalized spacial score (nSPS) is 12.7. The molecule has 0 spiro atoms. The predicted molar refractivity (Wildman–Crippen MR) is 61.3 cm³/mol. The molecule has 0 radical (unpaired) electrons. The second-order valence-corrected chi connectivity index (χ2v) is 3.44. The molecule has 0 aliphatic carbocycles. The largest absolute Gasteiger partial charge is 0.368 e. The van der Waals surface area contributed by atoms with Gasteiger partial charge in [-0.05, 0) is 18.7 Å². The van der Waals surface area contributed by atoms with Crippen LogP contribution in [0.1, 0.15) is 25.5 Å². The summed E-state index contributed by atoms with van der Waals surface area (Å²) in [6, 6.07) is 9.36. The quantitative estimate of drug-likeness (QED) is 0.794. The van der Waals surface area contributed by atoms with E-state index in [1.807, 2.05) is 44.2 Å². The van der Waals surface area contributed by atoms with E-state index in [1.54, 1.807) is 0 Å². The molecule has 0 aliphatic heterocycles. The van der Waals surface area contributed by atoms with Gasteiger partial charge in [-0.2, -0.15) is 0 Å². The van der Waals surface area contributed by atoms with E-state index in [1.165, 1.54) is 0 Å². The summed E-state index contributed by atoms with van der Waals surface area (Å²) < 4.78 is 0. The zero-order chi connectivity index (χ0) is 11.3. The van der Waals surface area contributed by atoms with Gasteiger partial charge in [0.25, 0.3) is 0 Å². The van der Waals surface area contributed by atoms with Crippen LogP contribution in [-0.2, 0) is 4.79 Å². The lowest BCUT2D eigenvalue weighted by Crippen LogP contribution is -2.37. The Morgan fingerprint density at radius 2 is 1.80 bits per heavy atom. The van der Waals surface area contributed by atoms with Crippen molar-refractivity contribution in [2.45, 2.75) is 19.9 Å². The van der Waals surface area contributed by atoms with Crippen molar-refractivity contribution in [1.29, 1.82) is 0 Å². The van der Waals surface area contributed by atoms with Crippen LogP contribution in [0.5, 0.6) is 0 Å². The number of amides is 1. The van der Waals surface area contributed by atoms with E-state index in [4.69, 9.17) is 5.73 Å². The molecule has 2 N–H and O–H groups in total. The van der Waals surface area contributed by atoms with Crippen LogP contribution in [-0.4, -0.2) is 23.9 Å². The molecule has 3 nitrogen and oxygen atoms in total. The standard InChI is InChI=1S/C12H18N2O/c1-3-14(4-2)11(12(13)15)10-8-6-5-7-9-10/h5-9,11H,3-4H2,1-2H3,(H2,13,15)/t11-/m1/s1.